The van der Waals surface area contributed by atoms with Gasteiger partial charge in [-0.1, -0.05) is 18.1 Å². The number of terminal acetylenes is 1. The Morgan fingerprint density at radius 2 is 1.68 bits per heavy atom. The van der Waals surface area contributed by atoms with Crippen LogP contribution >= 0.6 is 0 Å². The van der Waals surface area contributed by atoms with Crippen LogP contribution in [0.2, 0.25) is 0 Å². The summed E-state index contributed by atoms with van der Waals surface area (Å²) in [5.74, 6) is 1.74. The lowest BCUT2D eigenvalue weighted by molar-refractivity contribution is 0.0641. The number of hydrogen-bond acceptors (Lipinski definition) is 4. The summed E-state index contributed by atoms with van der Waals surface area (Å²) >= 11 is 0. The van der Waals surface area contributed by atoms with Crippen LogP contribution in [-0.2, 0) is 6.54 Å². The van der Waals surface area contributed by atoms with Crippen molar-refractivity contribution in [2.45, 2.75) is 6.54 Å². The minimum absolute atomic E-state index is 0.0480. The molecule has 0 bridgehead atoms. The van der Waals surface area contributed by atoms with Gasteiger partial charge in [0.05, 0.1) is 28.8 Å². The van der Waals surface area contributed by atoms with Crippen LogP contribution in [-0.4, -0.2) is 26.9 Å². The van der Waals surface area contributed by atoms with Gasteiger partial charge in [-0.2, -0.15) is 5.10 Å². The SMILES string of the molecule is C#Cc1ccc2c(=O)[nH]nc(CN3C(=O)c4ccccc4C3=O)c2c1. The van der Waals surface area contributed by atoms with Gasteiger partial charge in [0.2, 0.25) is 0 Å². The average molecular weight is 329 g/mol. The zero-order valence-electron chi connectivity index (χ0n) is 12.9. The number of benzene rings is 2. The molecule has 0 unspecified atom stereocenters. The highest BCUT2D eigenvalue weighted by Gasteiger charge is 2.35. The molecule has 0 aliphatic carbocycles. The summed E-state index contributed by atoms with van der Waals surface area (Å²) in [5, 5.41) is 7.35. The molecule has 0 saturated heterocycles. The molecular weight excluding hydrogens is 318 g/mol. The highest BCUT2D eigenvalue weighted by molar-refractivity contribution is 6.21. The van der Waals surface area contributed by atoms with E-state index < -0.39 is 0 Å². The highest BCUT2D eigenvalue weighted by Crippen LogP contribution is 2.25. The lowest BCUT2D eigenvalue weighted by atomic mass is 10.1. The Kier molecular flexibility index (Phi) is 3.22. The molecule has 1 aliphatic rings. The molecule has 1 N–H and O–H groups in total. The Morgan fingerprint density at radius 3 is 2.32 bits per heavy atom. The van der Waals surface area contributed by atoms with Crippen LogP contribution in [0, 0.1) is 12.3 Å². The first kappa shape index (κ1) is 14.8. The summed E-state index contributed by atoms with van der Waals surface area (Å²) < 4.78 is 0. The zero-order valence-corrected chi connectivity index (χ0v) is 12.9. The molecule has 6 nitrogen and oxygen atoms in total. The third-order valence-corrected chi connectivity index (χ3v) is 4.22. The van der Waals surface area contributed by atoms with Gasteiger partial charge >= 0.3 is 0 Å². The van der Waals surface area contributed by atoms with Gasteiger partial charge in [0.25, 0.3) is 17.4 Å². The molecule has 3 aromatic rings. The molecular formula is C19H11N3O3. The third kappa shape index (κ3) is 2.22. The van der Waals surface area contributed by atoms with Gasteiger partial charge in [-0.15, -0.1) is 6.42 Å². The third-order valence-electron chi connectivity index (χ3n) is 4.22. The molecule has 0 spiro atoms. The van der Waals surface area contributed by atoms with E-state index in [1.165, 1.54) is 0 Å². The predicted octanol–water partition coefficient (Wildman–Crippen LogP) is 1.70. The summed E-state index contributed by atoms with van der Waals surface area (Å²) in [6.07, 6.45) is 5.42. The Hall–Kier alpha value is -3.72. The maximum absolute atomic E-state index is 12.5. The number of carbonyl (C=O) groups excluding carboxylic acids is 2. The molecule has 6 heteroatoms. The van der Waals surface area contributed by atoms with Crippen LogP contribution in [0.4, 0.5) is 0 Å². The van der Waals surface area contributed by atoms with E-state index in [-0.39, 0.29) is 23.9 Å². The standard InChI is InChI=1S/C19H11N3O3/c1-2-11-7-8-12-15(9-11)16(20-21-17(12)23)10-22-18(24)13-5-3-4-6-14(13)19(22)25/h1,3-9H,10H2,(H,21,23). The highest BCUT2D eigenvalue weighted by atomic mass is 16.2. The minimum Gasteiger partial charge on any atom is -0.269 e. The molecule has 0 radical (unpaired) electrons. The van der Waals surface area contributed by atoms with Crippen molar-refractivity contribution in [2.24, 2.45) is 0 Å². The van der Waals surface area contributed by atoms with Crippen molar-refractivity contribution in [1.29, 1.82) is 0 Å². The van der Waals surface area contributed by atoms with Crippen molar-refractivity contribution in [1.82, 2.24) is 15.1 Å². The van der Waals surface area contributed by atoms with Gasteiger partial charge in [0.15, 0.2) is 0 Å². The van der Waals surface area contributed by atoms with E-state index in [4.69, 9.17) is 6.42 Å². The number of nitrogens with zero attached hydrogens (tertiary/aromatic N) is 2. The normalized spacial score (nSPS) is 13.2. The topological polar surface area (TPSA) is 83.1 Å². The lowest BCUT2D eigenvalue weighted by Gasteiger charge is -2.14. The van der Waals surface area contributed by atoms with E-state index in [0.717, 1.165) is 4.90 Å². The van der Waals surface area contributed by atoms with Crippen LogP contribution in [0.5, 0.6) is 0 Å². The molecule has 1 aromatic heterocycles. The van der Waals surface area contributed by atoms with Crippen LogP contribution in [0.25, 0.3) is 10.8 Å². The Bertz CT molecular complexity index is 1120. The number of nitrogens with one attached hydrogen (secondary N) is 1. The number of hydrogen-bond donors (Lipinski definition) is 1. The summed E-state index contributed by atoms with van der Waals surface area (Å²) in [5.41, 5.74) is 1.37. The maximum atomic E-state index is 12.5. The second-order valence-corrected chi connectivity index (χ2v) is 5.65. The van der Waals surface area contributed by atoms with E-state index in [2.05, 4.69) is 16.1 Å². The number of amides is 2. The molecule has 2 amide bonds. The van der Waals surface area contributed by atoms with Gasteiger partial charge in [-0.3, -0.25) is 19.3 Å². The first-order valence-corrected chi connectivity index (χ1v) is 7.53. The first-order chi connectivity index (χ1) is 12.1. The monoisotopic (exact) mass is 329 g/mol. The van der Waals surface area contributed by atoms with E-state index in [1.807, 2.05) is 0 Å². The second kappa shape index (κ2) is 5.42. The Balaban J connectivity index is 1.81. The second-order valence-electron chi connectivity index (χ2n) is 5.65. The van der Waals surface area contributed by atoms with E-state index in [9.17, 15) is 14.4 Å². The van der Waals surface area contributed by atoms with Gasteiger partial charge < -0.3 is 0 Å². The number of H-pyrrole nitrogens is 1. The number of imide groups is 1. The smallest absolute Gasteiger partial charge is 0.269 e. The summed E-state index contributed by atoms with van der Waals surface area (Å²) in [4.78, 5) is 38.1. The van der Waals surface area contributed by atoms with E-state index >= 15 is 0 Å². The van der Waals surface area contributed by atoms with E-state index in [0.29, 0.717) is 33.2 Å². The minimum atomic E-state index is -0.380. The molecule has 120 valence electrons. The molecule has 4 rings (SSSR count). The molecule has 0 atom stereocenters. The number of rotatable bonds is 2. The van der Waals surface area contributed by atoms with Crippen LogP contribution < -0.4 is 5.56 Å². The Morgan fingerprint density at radius 1 is 1.00 bits per heavy atom. The van der Waals surface area contributed by atoms with Gasteiger partial charge in [0.1, 0.15) is 0 Å². The number of aromatic amines is 1. The molecule has 2 aromatic carbocycles. The fourth-order valence-electron chi connectivity index (χ4n) is 2.96. The Labute approximate surface area is 142 Å². The molecule has 25 heavy (non-hydrogen) atoms. The van der Waals surface area contributed by atoms with Gasteiger partial charge in [-0.25, -0.2) is 5.10 Å². The van der Waals surface area contributed by atoms with Crippen molar-refractivity contribution >= 4 is 22.6 Å². The fraction of sp³-hybridized carbons (Fsp3) is 0.0526. The van der Waals surface area contributed by atoms with Crippen molar-refractivity contribution in [3.63, 3.8) is 0 Å². The predicted molar refractivity (Wildman–Crippen MR) is 90.9 cm³/mol. The number of fused-ring (bicyclic) bond motifs is 2. The molecule has 0 saturated carbocycles. The summed E-state index contributed by atoms with van der Waals surface area (Å²) in [6, 6.07) is 11.6. The first-order valence-electron chi connectivity index (χ1n) is 7.53. The van der Waals surface area contributed by atoms with Crippen molar-refractivity contribution in [3.8, 4) is 12.3 Å². The number of carbonyl (C=O) groups is 2. The van der Waals surface area contributed by atoms with Crippen molar-refractivity contribution < 1.29 is 9.59 Å². The van der Waals surface area contributed by atoms with Gasteiger partial charge in [0, 0.05) is 10.9 Å². The summed E-state index contributed by atoms with van der Waals surface area (Å²) in [6.45, 7) is -0.0480. The molecule has 2 heterocycles. The fourth-order valence-corrected chi connectivity index (χ4v) is 2.96. The van der Waals surface area contributed by atoms with Gasteiger partial charge in [-0.05, 0) is 30.3 Å². The maximum Gasteiger partial charge on any atom is 0.272 e. The molecule has 0 fully saturated rings. The summed E-state index contributed by atoms with van der Waals surface area (Å²) in [7, 11) is 0. The molecule has 1 aliphatic heterocycles. The van der Waals surface area contributed by atoms with E-state index in [1.54, 1.807) is 42.5 Å². The lowest BCUT2D eigenvalue weighted by Crippen LogP contribution is -2.30. The largest absolute Gasteiger partial charge is 0.272 e. The quantitative estimate of drug-likeness (QED) is 0.573. The van der Waals surface area contributed by atoms with Crippen LogP contribution in [0.3, 0.4) is 0 Å². The van der Waals surface area contributed by atoms with Crippen LogP contribution in [0.1, 0.15) is 32.0 Å². The van der Waals surface area contributed by atoms with Crippen molar-refractivity contribution in [3.05, 3.63) is 75.2 Å². The number of aromatic nitrogens is 2. The average Bonchev–Trinajstić information content (AvgIpc) is 2.89. The zero-order chi connectivity index (χ0) is 17.6. The van der Waals surface area contributed by atoms with Crippen molar-refractivity contribution in [2.75, 3.05) is 0 Å². The van der Waals surface area contributed by atoms with Crippen LogP contribution in [0.15, 0.2) is 47.3 Å².